The monoisotopic (exact) mass is 755 g/mol. The molecule has 5 rings (SSSR count). The zero-order chi connectivity index (χ0) is 37.8. The Kier molecular flexibility index (Phi) is 11.8. The normalized spacial score (nSPS) is 22.6. The highest BCUT2D eigenvalue weighted by Gasteiger charge is 2.57. The first-order chi connectivity index (χ1) is 24.6. The number of likely N-dealkylation sites (tertiary alicyclic amines) is 2. The molecule has 16 heteroatoms. The number of aliphatic carboxylic acids is 1. The highest BCUT2D eigenvalue weighted by atomic mass is 32.1. The zero-order valence-corrected chi connectivity index (χ0v) is 29.3. The van der Waals surface area contributed by atoms with E-state index >= 15 is 4.79 Å². The Morgan fingerprint density at radius 1 is 1.02 bits per heavy atom. The van der Waals surface area contributed by atoms with Crippen LogP contribution in [0.4, 0.5) is 26.3 Å². The van der Waals surface area contributed by atoms with Gasteiger partial charge in [-0.25, -0.2) is 0 Å². The van der Waals surface area contributed by atoms with Crippen molar-refractivity contribution < 1.29 is 55.3 Å². The van der Waals surface area contributed by atoms with Gasteiger partial charge in [-0.3, -0.25) is 19.4 Å². The van der Waals surface area contributed by atoms with Crippen molar-refractivity contribution in [2.24, 2.45) is 0 Å². The summed E-state index contributed by atoms with van der Waals surface area (Å²) < 4.78 is 95.3. The van der Waals surface area contributed by atoms with Crippen molar-refractivity contribution in [3.8, 4) is 11.5 Å². The number of aromatic nitrogens is 1. The Balaban J connectivity index is 1.60. The number of hydrogen-bond acceptors (Lipinski definition) is 7. The number of hydrogen-bond donors (Lipinski definition) is 1. The lowest BCUT2D eigenvalue weighted by Crippen LogP contribution is -2.69. The summed E-state index contributed by atoms with van der Waals surface area (Å²) in [6.45, 7) is 1.79. The van der Waals surface area contributed by atoms with Gasteiger partial charge in [-0.15, -0.1) is 11.3 Å². The number of benzene rings is 1. The minimum Gasteiger partial charge on any atom is -0.496 e. The molecule has 1 aromatic carbocycles. The molecule has 0 bridgehead atoms. The Hall–Kier alpha value is -4.34. The van der Waals surface area contributed by atoms with Gasteiger partial charge in [-0.2, -0.15) is 26.3 Å². The summed E-state index contributed by atoms with van der Waals surface area (Å²) in [5.74, 6) is -2.65. The van der Waals surface area contributed by atoms with Crippen LogP contribution in [0.2, 0.25) is 0 Å². The second kappa shape index (κ2) is 15.7. The van der Waals surface area contributed by atoms with Crippen LogP contribution in [-0.4, -0.2) is 75.6 Å². The predicted molar refractivity (Wildman–Crippen MR) is 178 cm³/mol. The van der Waals surface area contributed by atoms with E-state index in [2.05, 4.69) is 4.98 Å². The van der Waals surface area contributed by atoms with Crippen LogP contribution in [0.15, 0.2) is 54.0 Å². The van der Waals surface area contributed by atoms with Gasteiger partial charge in [0.15, 0.2) is 0 Å². The van der Waals surface area contributed by atoms with Crippen molar-refractivity contribution in [1.29, 1.82) is 0 Å². The Labute approximate surface area is 300 Å². The number of piperidine rings is 2. The molecule has 2 saturated heterocycles. The third-order valence-corrected chi connectivity index (χ3v) is 10.7. The number of thiophene rings is 1. The Morgan fingerprint density at radius 3 is 2.42 bits per heavy atom. The zero-order valence-electron chi connectivity index (χ0n) is 28.5. The van der Waals surface area contributed by atoms with Crippen molar-refractivity contribution >= 4 is 29.1 Å². The summed E-state index contributed by atoms with van der Waals surface area (Å²) >= 11 is 0.360. The first kappa shape index (κ1) is 38.9. The third kappa shape index (κ3) is 8.16. The second-order valence-corrected chi connectivity index (χ2v) is 13.9. The molecule has 52 heavy (non-hydrogen) atoms. The van der Waals surface area contributed by atoms with Crippen molar-refractivity contribution in [3.63, 3.8) is 0 Å². The van der Waals surface area contributed by atoms with Crippen LogP contribution in [0.3, 0.4) is 0 Å². The molecule has 4 heterocycles. The Bertz CT molecular complexity index is 1750. The molecule has 2 aliphatic rings. The minimum atomic E-state index is -4.92. The van der Waals surface area contributed by atoms with Gasteiger partial charge in [0.2, 0.25) is 5.60 Å². The largest absolute Gasteiger partial charge is 0.496 e. The average Bonchev–Trinajstić information content (AvgIpc) is 3.59. The molecular formula is C36H39F6N3O6S. The number of amides is 2. The maximum absolute atomic E-state index is 15.2. The fourth-order valence-electron chi connectivity index (χ4n) is 7.49. The van der Waals surface area contributed by atoms with Gasteiger partial charge in [-0.1, -0.05) is 31.5 Å². The van der Waals surface area contributed by atoms with Crippen molar-refractivity contribution in [2.45, 2.75) is 94.2 Å². The number of alkyl halides is 6. The van der Waals surface area contributed by atoms with E-state index in [4.69, 9.17) is 9.47 Å². The summed E-state index contributed by atoms with van der Waals surface area (Å²) in [4.78, 5) is 46.5. The van der Waals surface area contributed by atoms with Crippen LogP contribution in [0, 0.1) is 0 Å². The van der Waals surface area contributed by atoms with E-state index in [0.717, 1.165) is 40.2 Å². The number of nitrogens with zero attached hydrogens (tertiary/aromatic N) is 3. The van der Waals surface area contributed by atoms with Gasteiger partial charge in [0, 0.05) is 49.6 Å². The fraction of sp³-hybridized carbons (Fsp3) is 0.500. The number of carboxylic acid groups (broad SMARTS) is 1. The molecule has 2 aromatic heterocycles. The van der Waals surface area contributed by atoms with Gasteiger partial charge < -0.3 is 24.4 Å². The number of para-hydroxylation sites is 1. The van der Waals surface area contributed by atoms with E-state index in [9.17, 15) is 41.0 Å². The molecule has 2 aliphatic heterocycles. The summed E-state index contributed by atoms with van der Waals surface area (Å²) in [5, 5.41) is 10.7. The van der Waals surface area contributed by atoms with Crippen molar-refractivity contribution in [1.82, 2.24) is 14.8 Å². The highest BCUT2D eigenvalue weighted by molar-refractivity contribution is 7.10. The number of methoxy groups -OCH3 is 1. The fourth-order valence-corrected chi connectivity index (χ4v) is 8.16. The van der Waals surface area contributed by atoms with Crippen molar-refractivity contribution in [2.75, 3.05) is 20.2 Å². The lowest BCUT2D eigenvalue weighted by molar-refractivity contribution is -0.164. The maximum Gasteiger partial charge on any atom is 0.425 e. The summed E-state index contributed by atoms with van der Waals surface area (Å²) in [6.07, 6.45) is -7.68. The Morgan fingerprint density at radius 2 is 1.77 bits per heavy atom. The number of ether oxygens (including phenoxy) is 2. The van der Waals surface area contributed by atoms with E-state index in [1.165, 1.54) is 12.0 Å². The van der Waals surface area contributed by atoms with Crippen LogP contribution >= 0.6 is 11.3 Å². The number of carbonyl (C=O) groups excluding carboxylic acids is 2. The first-order valence-electron chi connectivity index (χ1n) is 16.9. The first-order valence-corrected chi connectivity index (χ1v) is 17.8. The molecule has 0 radical (unpaired) electrons. The van der Waals surface area contributed by atoms with Crippen LogP contribution in [-0.2, 0) is 21.9 Å². The van der Waals surface area contributed by atoms with Gasteiger partial charge >= 0.3 is 18.3 Å². The molecule has 2 fully saturated rings. The maximum atomic E-state index is 15.2. The predicted octanol–water partition coefficient (Wildman–Crippen LogP) is 8.05. The molecule has 282 valence electrons. The summed E-state index contributed by atoms with van der Waals surface area (Å²) in [6, 6.07) is 8.02. The number of pyridine rings is 1. The molecule has 3 aromatic rings. The number of carbonyl (C=O) groups is 3. The molecule has 2 amide bonds. The topological polar surface area (TPSA) is 109 Å². The number of halogens is 6. The smallest absolute Gasteiger partial charge is 0.425 e. The van der Waals surface area contributed by atoms with Gasteiger partial charge in [0.05, 0.1) is 18.7 Å². The molecule has 2 unspecified atom stereocenters. The van der Waals surface area contributed by atoms with Crippen LogP contribution in [0.1, 0.15) is 90.7 Å². The average molecular weight is 756 g/mol. The quantitative estimate of drug-likeness (QED) is 0.197. The molecule has 0 saturated carbocycles. The highest BCUT2D eigenvalue weighted by Crippen LogP contribution is 2.45. The van der Waals surface area contributed by atoms with E-state index in [1.54, 1.807) is 13.0 Å². The van der Waals surface area contributed by atoms with Crippen LogP contribution in [0.5, 0.6) is 11.5 Å². The summed E-state index contributed by atoms with van der Waals surface area (Å²) in [7, 11) is 1.53. The summed E-state index contributed by atoms with van der Waals surface area (Å²) in [5.41, 5.74) is -3.29. The minimum absolute atomic E-state index is 0.0451. The SMILES string of the molecule is CCC[C@H]1N(C(=O)c2ncccc2C(F)(F)F)CCC[C@@]1(Oc1csc(C(F)(F)F)c1)C(=O)N1CCC(c2ccccc2OC)CC1CCC(=O)O. The number of rotatable bonds is 11. The van der Waals surface area contributed by atoms with E-state index in [1.807, 2.05) is 18.2 Å². The second-order valence-electron chi connectivity index (χ2n) is 13.0. The third-order valence-electron chi connectivity index (χ3n) is 9.76. The molecular weight excluding hydrogens is 716 g/mol. The van der Waals surface area contributed by atoms with Crippen molar-refractivity contribution in [3.05, 3.63) is 75.7 Å². The van der Waals surface area contributed by atoms with E-state index < -0.39 is 64.0 Å². The molecule has 0 aliphatic carbocycles. The van der Waals surface area contributed by atoms with Gasteiger partial charge in [0.1, 0.15) is 22.1 Å². The lowest BCUT2D eigenvalue weighted by atomic mass is 9.77. The van der Waals surface area contributed by atoms with E-state index in [-0.39, 0.29) is 56.9 Å². The number of carboxylic acids is 1. The molecule has 4 atom stereocenters. The molecule has 1 N–H and O–H groups in total. The van der Waals surface area contributed by atoms with Gasteiger partial charge in [0.25, 0.3) is 11.8 Å². The van der Waals surface area contributed by atoms with Crippen LogP contribution in [0.25, 0.3) is 0 Å². The van der Waals surface area contributed by atoms with Gasteiger partial charge in [-0.05, 0) is 61.8 Å². The standard InChI is InChI=1S/C36H39F6N3O6S/c1-3-8-28-34(51-24-20-29(52-21-24)36(40,41)42,15-7-17-45(28)32(48)31-26(35(37,38)39)10-6-16-43-31)33(49)44-18-14-22(19-23(44)12-13-30(46)47)25-9-4-5-11-27(25)50-2/h4-6,9-11,16,20-23,28H,3,7-8,12-15,17-19H2,1-2H3,(H,46,47)/t22?,23?,28-,34+/m1/s1. The lowest BCUT2D eigenvalue weighted by Gasteiger charge is -2.52. The van der Waals surface area contributed by atoms with E-state index in [0.29, 0.717) is 36.3 Å². The molecule has 0 spiro atoms. The van der Waals surface area contributed by atoms with Crippen LogP contribution < -0.4 is 9.47 Å². The molecule has 9 nitrogen and oxygen atoms in total.